The molecule has 0 bridgehead atoms. The number of ether oxygens (including phenoxy) is 3. The smallest absolute Gasteiger partial charge is 0.216 e. The van der Waals surface area contributed by atoms with E-state index in [1.165, 1.54) is 13.0 Å². The first-order chi connectivity index (χ1) is 20.0. The van der Waals surface area contributed by atoms with Crippen LogP contribution in [0.25, 0.3) is 11.1 Å². The van der Waals surface area contributed by atoms with Gasteiger partial charge in [0.05, 0.1) is 18.7 Å². The number of benzene rings is 4. The van der Waals surface area contributed by atoms with Crippen molar-refractivity contribution in [2.45, 2.75) is 26.7 Å². The average Bonchev–Trinajstić information content (AvgIpc) is 2.99. The van der Waals surface area contributed by atoms with Gasteiger partial charge in [0.2, 0.25) is 5.91 Å². The van der Waals surface area contributed by atoms with Gasteiger partial charge in [-0.1, -0.05) is 54.6 Å². The molecule has 41 heavy (non-hydrogen) atoms. The van der Waals surface area contributed by atoms with Crippen LogP contribution in [-0.2, 0) is 24.6 Å². The number of hydrogen-bond acceptors (Lipinski definition) is 6. The minimum atomic E-state index is -0.327. The van der Waals surface area contributed by atoms with Crippen molar-refractivity contribution in [1.29, 1.82) is 5.26 Å². The summed E-state index contributed by atoms with van der Waals surface area (Å²) in [4.78, 5) is 11.1. The summed E-state index contributed by atoms with van der Waals surface area (Å²) >= 11 is 0. The molecule has 0 heterocycles. The van der Waals surface area contributed by atoms with E-state index in [0.717, 1.165) is 16.7 Å². The van der Waals surface area contributed by atoms with E-state index in [1.54, 1.807) is 37.4 Å². The van der Waals surface area contributed by atoms with Gasteiger partial charge in [-0.25, -0.2) is 4.39 Å². The van der Waals surface area contributed by atoms with Crippen molar-refractivity contribution in [3.8, 4) is 34.4 Å². The molecular formula is C33H32FN3O4. The molecule has 0 aliphatic rings. The van der Waals surface area contributed by atoms with Crippen molar-refractivity contribution in [2.75, 3.05) is 20.2 Å². The van der Waals surface area contributed by atoms with Crippen LogP contribution >= 0.6 is 0 Å². The molecule has 0 fully saturated rings. The van der Waals surface area contributed by atoms with E-state index < -0.39 is 0 Å². The highest BCUT2D eigenvalue weighted by Gasteiger charge is 2.15. The van der Waals surface area contributed by atoms with E-state index in [-0.39, 0.29) is 24.9 Å². The molecule has 0 saturated heterocycles. The lowest BCUT2D eigenvalue weighted by molar-refractivity contribution is -0.118. The number of halogens is 1. The van der Waals surface area contributed by atoms with Crippen LogP contribution in [0.3, 0.4) is 0 Å². The Bertz CT molecular complexity index is 1530. The zero-order valence-electron chi connectivity index (χ0n) is 23.1. The number of amides is 1. The summed E-state index contributed by atoms with van der Waals surface area (Å²) in [6.45, 7) is 3.59. The Morgan fingerprint density at radius 2 is 1.68 bits per heavy atom. The summed E-state index contributed by atoms with van der Waals surface area (Å²) in [5.41, 5.74) is 4.22. The minimum Gasteiger partial charge on any atom is -0.496 e. The number of hydrogen-bond donors (Lipinski definition) is 2. The zero-order valence-corrected chi connectivity index (χ0v) is 23.1. The van der Waals surface area contributed by atoms with Crippen molar-refractivity contribution >= 4 is 5.91 Å². The summed E-state index contributed by atoms with van der Waals surface area (Å²) < 4.78 is 32.5. The predicted octanol–water partition coefficient (Wildman–Crippen LogP) is 5.76. The summed E-state index contributed by atoms with van der Waals surface area (Å²) in [6.07, 6.45) is 0. The lowest BCUT2D eigenvalue weighted by Crippen LogP contribution is -2.30. The zero-order chi connectivity index (χ0) is 29.0. The summed E-state index contributed by atoms with van der Waals surface area (Å²) in [5, 5.41) is 15.3. The van der Waals surface area contributed by atoms with Crippen molar-refractivity contribution < 1.29 is 23.4 Å². The minimum absolute atomic E-state index is 0.0759. The third kappa shape index (κ3) is 8.07. The SMILES string of the molecule is COc1c(COc2ccc(CNCCNC(C)=O)c(OCc3cccc(C#N)c3)c2)cccc1-c1ccccc1F. The fourth-order valence-corrected chi connectivity index (χ4v) is 4.34. The second-order valence-corrected chi connectivity index (χ2v) is 9.30. The molecular weight excluding hydrogens is 521 g/mol. The van der Waals surface area contributed by atoms with Gasteiger partial charge in [0, 0.05) is 54.9 Å². The van der Waals surface area contributed by atoms with Crippen LogP contribution < -0.4 is 24.8 Å². The topological polar surface area (TPSA) is 92.6 Å². The molecule has 0 aliphatic carbocycles. The molecule has 0 atom stereocenters. The van der Waals surface area contributed by atoms with Crippen LogP contribution in [0.15, 0.2) is 84.9 Å². The van der Waals surface area contributed by atoms with Gasteiger partial charge < -0.3 is 24.8 Å². The van der Waals surface area contributed by atoms with Gasteiger partial charge in [-0.05, 0) is 29.8 Å². The number of nitrogens with one attached hydrogen (secondary N) is 2. The van der Waals surface area contributed by atoms with Crippen molar-refractivity contribution in [2.24, 2.45) is 0 Å². The highest BCUT2D eigenvalue weighted by molar-refractivity contribution is 5.73. The molecule has 7 nitrogen and oxygen atoms in total. The van der Waals surface area contributed by atoms with E-state index in [4.69, 9.17) is 14.2 Å². The summed E-state index contributed by atoms with van der Waals surface area (Å²) in [7, 11) is 1.56. The first-order valence-corrected chi connectivity index (χ1v) is 13.2. The van der Waals surface area contributed by atoms with Crippen molar-refractivity contribution in [3.63, 3.8) is 0 Å². The number of nitrogens with zero attached hydrogens (tertiary/aromatic N) is 1. The Morgan fingerprint density at radius 3 is 2.46 bits per heavy atom. The second-order valence-electron chi connectivity index (χ2n) is 9.30. The molecule has 1 amide bonds. The Labute approximate surface area is 239 Å². The average molecular weight is 554 g/mol. The van der Waals surface area contributed by atoms with Crippen LogP contribution in [0.2, 0.25) is 0 Å². The Kier molecular flexibility index (Phi) is 10.3. The lowest BCUT2D eigenvalue weighted by Gasteiger charge is -2.17. The maximum Gasteiger partial charge on any atom is 0.216 e. The molecule has 8 heteroatoms. The molecule has 0 aromatic heterocycles. The van der Waals surface area contributed by atoms with Gasteiger partial charge in [-0.2, -0.15) is 5.26 Å². The summed E-state index contributed by atoms with van der Waals surface area (Å²) in [5.74, 6) is 1.36. The normalized spacial score (nSPS) is 10.5. The quantitative estimate of drug-likeness (QED) is 0.205. The third-order valence-electron chi connectivity index (χ3n) is 6.34. The molecule has 4 aromatic carbocycles. The van der Waals surface area contributed by atoms with E-state index in [9.17, 15) is 14.4 Å². The third-order valence-corrected chi connectivity index (χ3v) is 6.34. The van der Waals surface area contributed by atoms with Crippen LogP contribution in [0.5, 0.6) is 17.2 Å². The van der Waals surface area contributed by atoms with Crippen LogP contribution in [0, 0.1) is 17.1 Å². The van der Waals surface area contributed by atoms with Crippen LogP contribution in [0.4, 0.5) is 4.39 Å². The lowest BCUT2D eigenvalue weighted by atomic mass is 10.0. The maximum atomic E-state index is 14.5. The molecule has 0 aliphatic heterocycles. The largest absolute Gasteiger partial charge is 0.496 e. The van der Waals surface area contributed by atoms with Gasteiger partial charge in [0.25, 0.3) is 0 Å². The van der Waals surface area contributed by atoms with E-state index in [1.807, 2.05) is 48.5 Å². The number of nitriles is 1. The van der Waals surface area contributed by atoms with Gasteiger partial charge in [0.1, 0.15) is 36.3 Å². The molecule has 0 unspecified atom stereocenters. The molecule has 4 aromatic rings. The maximum absolute atomic E-state index is 14.5. The molecule has 4 rings (SSSR count). The number of carbonyl (C=O) groups excluding carboxylic acids is 1. The predicted molar refractivity (Wildman–Crippen MR) is 155 cm³/mol. The molecule has 0 spiro atoms. The fourth-order valence-electron chi connectivity index (χ4n) is 4.34. The number of methoxy groups -OCH3 is 1. The van der Waals surface area contributed by atoms with Gasteiger partial charge in [-0.3, -0.25) is 4.79 Å². The summed E-state index contributed by atoms with van der Waals surface area (Å²) in [6, 6.07) is 27.2. The second kappa shape index (κ2) is 14.5. The highest BCUT2D eigenvalue weighted by atomic mass is 19.1. The van der Waals surface area contributed by atoms with Crippen LogP contribution in [-0.4, -0.2) is 26.1 Å². The Balaban J connectivity index is 1.52. The van der Waals surface area contributed by atoms with E-state index >= 15 is 0 Å². The number of carbonyl (C=O) groups is 1. The first-order valence-electron chi connectivity index (χ1n) is 13.2. The standard InChI is InChI=1S/C33H32FN3O4/c1-23(38)37-16-15-36-20-26-13-14-28(18-32(26)41-21-25-8-5-7-24(17-25)19-35)40-22-27-9-6-11-30(33(27)39-2)29-10-3-4-12-31(29)34/h3-14,17-18,36H,15-16,20-22H2,1-2H3,(H,37,38). The van der Waals surface area contributed by atoms with Crippen molar-refractivity contribution in [1.82, 2.24) is 10.6 Å². The Morgan fingerprint density at radius 1 is 0.878 bits per heavy atom. The molecule has 0 radical (unpaired) electrons. The van der Waals surface area contributed by atoms with Gasteiger partial charge in [0.15, 0.2) is 0 Å². The van der Waals surface area contributed by atoms with E-state index in [0.29, 0.717) is 53.6 Å². The van der Waals surface area contributed by atoms with Gasteiger partial charge >= 0.3 is 0 Å². The van der Waals surface area contributed by atoms with Crippen molar-refractivity contribution in [3.05, 3.63) is 113 Å². The van der Waals surface area contributed by atoms with Gasteiger partial charge in [-0.15, -0.1) is 0 Å². The number of rotatable bonds is 13. The molecule has 2 N–H and O–H groups in total. The first kappa shape index (κ1) is 29.1. The highest BCUT2D eigenvalue weighted by Crippen LogP contribution is 2.35. The fraction of sp³-hybridized carbons (Fsp3) is 0.212. The van der Waals surface area contributed by atoms with E-state index in [2.05, 4.69) is 16.7 Å². The monoisotopic (exact) mass is 553 g/mol. The Hall–Kier alpha value is -4.87. The number of para-hydroxylation sites is 1. The molecule has 210 valence electrons. The molecule has 0 saturated carbocycles. The van der Waals surface area contributed by atoms with Crippen LogP contribution in [0.1, 0.15) is 29.2 Å².